The predicted molar refractivity (Wildman–Crippen MR) is 84.3 cm³/mol. The molecule has 1 heterocycles. The molecule has 1 aromatic rings. The number of hydrogen-bond donors (Lipinski definition) is 1. The fourth-order valence-corrected chi connectivity index (χ4v) is 2.71. The molecule has 0 saturated carbocycles. The van der Waals surface area contributed by atoms with Crippen LogP contribution in [0.5, 0.6) is 5.75 Å². The molecule has 1 atom stereocenters. The first-order chi connectivity index (χ1) is 10.1. The van der Waals surface area contributed by atoms with E-state index in [0.717, 1.165) is 26.2 Å². The summed E-state index contributed by atoms with van der Waals surface area (Å²) in [6.07, 6.45) is 0.396. The third-order valence-electron chi connectivity index (χ3n) is 4.02. The Balaban J connectivity index is 1.76. The van der Waals surface area contributed by atoms with Crippen LogP contribution in [0.4, 0.5) is 5.69 Å². The molecular formula is C16H25N3O2. The highest BCUT2D eigenvalue weighted by molar-refractivity contribution is 5.76. The van der Waals surface area contributed by atoms with Crippen LogP contribution in [0.15, 0.2) is 24.3 Å². The highest BCUT2D eigenvalue weighted by Crippen LogP contribution is 2.20. The Hall–Kier alpha value is -1.75. The molecule has 5 nitrogen and oxygen atoms in total. The summed E-state index contributed by atoms with van der Waals surface area (Å²) in [5.41, 5.74) is 6.41. The number of hydrogen-bond acceptors (Lipinski definition) is 4. The van der Waals surface area contributed by atoms with Crippen molar-refractivity contribution in [2.75, 3.05) is 38.5 Å². The van der Waals surface area contributed by atoms with Gasteiger partial charge in [0.15, 0.2) is 0 Å². The second-order valence-electron chi connectivity index (χ2n) is 5.45. The molecule has 2 rings (SSSR count). The van der Waals surface area contributed by atoms with E-state index in [-0.39, 0.29) is 5.91 Å². The van der Waals surface area contributed by atoms with Gasteiger partial charge >= 0.3 is 0 Å². The number of nitrogens with two attached hydrogens (primary N) is 1. The number of ether oxygens (including phenoxy) is 1. The third kappa shape index (κ3) is 4.11. The molecule has 0 spiro atoms. The normalized spacial score (nSPS) is 19.5. The van der Waals surface area contributed by atoms with Crippen molar-refractivity contribution >= 4 is 11.6 Å². The lowest BCUT2D eigenvalue weighted by molar-refractivity contribution is -0.134. The van der Waals surface area contributed by atoms with Crippen molar-refractivity contribution in [3.05, 3.63) is 24.3 Å². The molecule has 21 heavy (non-hydrogen) atoms. The summed E-state index contributed by atoms with van der Waals surface area (Å²) in [6.45, 7) is 8.31. The Morgan fingerprint density at radius 1 is 1.38 bits per heavy atom. The van der Waals surface area contributed by atoms with Crippen molar-refractivity contribution < 1.29 is 9.53 Å². The molecule has 1 amide bonds. The highest BCUT2D eigenvalue weighted by Gasteiger charge is 2.25. The molecule has 5 heteroatoms. The molecule has 0 bridgehead atoms. The van der Waals surface area contributed by atoms with Gasteiger partial charge in [-0.3, -0.25) is 9.69 Å². The molecule has 1 saturated heterocycles. The van der Waals surface area contributed by atoms with Crippen molar-refractivity contribution in [3.8, 4) is 5.75 Å². The lowest BCUT2D eigenvalue weighted by Crippen LogP contribution is -2.53. The van der Waals surface area contributed by atoms with E-state index in [4.69, 9.17) is 10.5 Å². The van der Waals surface area contributed by atoms with E-state index in [1.807, 2.05) is 23.1 Å². The second kappa shape index (κ2) is 7.31. The number of likely N-dealkylation sites (N-methyl/N-ethyl adjacent to an activating group) is 1. The summed E-state index contributed by atoms with van der Waals surface area (Å²) in [4.78, 5) is 16.5. The molecule has 2 N–H and O–H groups in total. The molecule has 1 unspecified atom stereocenters. The zero-order valence-corrected chi connectivity index (χ0v) is 12.9. The van der Waals surface area contributed by atoms with Gasteiger partial charge in [-0.15, -0.1) is 0 Å². The zero-order valence-electron chi connectivity index (χ0n) is 12.9. The van der Waals surface area contributed by atoms with Gasteiger partial charge in [-0.1, -0.05) is 19.1 Å². The molecule has 1 aliphatic heterocycles. The van der Waals surface area contributed by atoms with Gasteiger partial charge in [-0.2, -0.15) is 0 Å². The van der Waals surface area contributed by atoms with Gasteiger partial charge in [0.25, 0.3) is 0 Å². The molecule has 0 aliphatic carbocycles. The van der Waals surface area contributed by atoms with E-state index >= 15 is 0 Å². The van der Waals surface area contributed by atoms with E-state index in [9.17, 15) is 4.79 Å². The Morgan fingerprint density at radius 2 is 2.14 bits per heavy atom. The Bertz CT molecular complexity index is 478. The number of piperazine rings is 1. The number of nitrogens with zero attached hydrogens (tertiary/aromatic N) is 2. The lowest BCUT2D eigenvalue weighted by Gasteiger charge is -2.39. The lowest BCUT2D eigenvalue weighted by atomic mass is 10.2. The number of para-hydroxylation sites is 2. The van der Waals surface area contributed by atoms with Gasteiger partial charge in [-0.05, 0) is 25.6 Å². The second-order valence-corrected chi connectivity index (χ2v) is 5.45. The van der Waals surface area contributed by atoms with Crippen LogP contribution in [0.1, 0.15) is 20.3 Å². The zero-order chi connectivity index (χ0) is 15.2. The topological polar surface area (TPSA) is 58.8 Å². The highest BCUT2D eigenvalue weighted by atomic mass is 16.5. The molecule has 1 aliphatic rings. The van der Waals surface area contributed by atoms with Gasteiger partial charge < -0.3 is 15.4 Å². The fraction of sp³-hybridized carbons (Fsp3) is 0.562. The van der Waals surface area contributed by atoms with Crippen LogP contribution in [0, 0.1) is 0 Å². The van der Waals surface area contributed by atoms with Crippen molar-refractivity contribution in [1.82, 2.24) is 9.80 Å². The van der Waals surface area contributed by atoms with E-state index in [0.29, 0.717) is 30.5 Å². The van der Waals surface area contributed by atoms with Crippen molar-refractivity contribution in [3.63, 3.8) is 0 Å². The van der Waals surface area contributed by atoms with E-state index in [2.05, 4.69) is 18.7 Å². The van der Waals surface area contributed by atoms with Gasteiger partial charge in [-0.25, -0.2) is 0 Å². The SMILES string of the molecule is CCN1CCN(C(=O)CCOc2ccccc2N)CC1C. The first kappa shape index (κ1) is 15.6. The standard InChI is InChI=1S/C16H25N3O2/c1-3-18-9-10-19(12-13(18)2)16(20)8-11-21-15-7-5-4-6-14(15)17/h4-7,13H,3,8-12,17H2,1-2H3. The minimum Gasteiger partial charge on any atom is -0.491 e. The number of anilines is 1. The summed E-state index contributed by atoms with van der Waals surface area (Å²) in [7, 11) is 0. The maximum atomic E-state index is 12.2. The first-order valence-corrected chi connectivity index (χ1v) is 7.61. The quantitative estimate of drug-likeness (QED) is 0.837. The van der Waals surface area contributed by atoms with Gasteiger partial charge in [0.05, 0.1) is 18.7 Å². The minimum absolute atomic E-state index is 0.159. The predicted octanol–water partition coefficient (Wildman–Crippen LogP) is 1.59. The molecule has 1 aromatic carbocycles. The Kier molecular flexibility index (Phi) is 5.44. The molecular weight excluding hydrogens is 266 g/mol. The fourth-order valence-electron chi connectivity index (χ4n) is 2.71. The number of benzene rings is 1. The van der Waals surface area contributed by atoms with Crippen molar-refractivity contribution in [1.29, 1.82) is 0 Å². The van der Waals surface area contributed by atoms with Gasteiger partial charge in [0.1, 0.15) is 5.75 Å². The van der Waals surface area contributed by atoms with Crippen LogP contribution >= 0.6 is 0 Å². The summed E-state index contributed by atoms with van der Waals surface area (Å²) in [6, 6.07) is 7.78. The van der Waals surface area contributed by atoms with Gasteiger partial charge in [0.2, 0.25) is 5.91 Å². The number of carbonyl (C=O) groups is 1. The van der Waals surface area contributed by atoms with E-state index in [1.165, 1.54) is 0 Å². The van der Waals surface area contributed by atoms with Gasteiger partial charge in [0, 0.05) is 25.7 Å². The van der Waals surface area contributed by atoms with Crippen LogP contribution in [0.25, 0.3) is 0 Å². The van der Waals surface area contributed by atoms with Crippen LogP contribution in [-0.2, 0) is 4.79 Å². The average molecular weight is 291 g/mol. The molecule has 1 fully saturated rings. The van der Waals surface area contributed by atoms with Crippen LogP contribution < -0.4 is 10.5 Å². The third-order valence-corrected chi connectivity index (χ3v) is 4.02. The summed E-state index contributed by atoms with van der Waals surface area (Å²) in [5.74, 6) is 0.807. The van der Waals surface area contributed by atoms with Crippen LogP contribution in [0.3, 0.4) is 0 Å². The molecule has 0 radical (unpaired) electrons. The first-order valence-electron chi connectivity index (χ1n) is 7.61. The Morgan fingerprint density at radius 3 is 2.81 bits per heavy atom. The smallest absolute Gasteiger partial charge is 0.226 e. The number of rotatable bonds is 5. The number of carbonyl (C=O) groups excluding carboxylic acids is 1. The minimum atomic E-state index is 0.159. The Labute approximate surface area is 126 Å². The van der Waals surface area contributed by atoms with Crippen LogP contribution in [-0.4, -0.2) is 54.5 Å². The van der Waals surface area contributed by atoms with Crippen molar-refractivity contribution in [2.45, 2.75) is 26.3 Å². The number of amides is 1. The largest absolute Gasteiger partial charge is 0.491 e. The average Bonchev–Trinajstić information content (AvgIpc) is 2.49. The molecule has 116 valence electrons. The summed E-state index contributed by atoms with van der Waals surface area (Å²) < 4.78 is 5.58. The maximum absolute atomic E-state index is 12.2. The van der Waals surface area contributed by atoms with Crippen LogP contribution in [0.2, 0.25) is 0 Å². The number of nitrogen functional groups attached to an aromatic ring is 1. The van der Waals surface area contributed by atoms with Crippen molar-refractivity contribution in [2.24, 2.45) is 0 Å². The van der Waals surface area contributed by atoms with E-state index < -0.39 is 0 Å². The summed E-state index contributed by atoms with van der Waals surface area (Å²) >= 11 is 0. The monoisotopic (exact) mass is 291 g/mol. The maximum Gasteiger partial charge on any atom is 0.226 e. The molecule has 0 aromatic heterocycles. The van der Waals surface area contributed by atoms with E-state index in [1.54, 1.807) is 6.07 Å². The summed E-state index contributed by atoms with van der Waals surface area (Å²) in [5, 5.41) is 0.